The maximum Gasteiger partial charge on any atom is 0.260 e. The minimum atomic E-state index is -0.787. The van der Waals surface area contributed by atoms with E-state index in [0.29, 0.717) is 4.47 Å². The average Bonchev–Trinajstić information content (AvgIpc) is 2.28. The second-order valence-corrected chi connectivity index (χ2v) is 4.16. The lowest BCUT2D eigenvalue weighted by Gasteiger charge is -2.07. The van der Waals surface area contributed by atoms with Crippen LogP contribution in [0.3, 0.4) is 0 Å². The summed E-state index contributed by atoms with van der Waals surface area (Å²) in [5, 5.41) is -0.158. The summed E-state index contributed by atoms with van der Waals surface area (Å²) < 4.78 is 31.8. The van der Waals surface area contributed by atoms with Crippen LogP contribution in [0.5, 0.6) is 11.6 Å². The lowest BCUT2D eigenvalue weighted by atomic mass is 10.3. The molecule has 0 aliphatic carbocycles. The lowest BCUT2D eigenvalue weighted by molar-refractivity contribution is 0.415. The molecule has 1 heterocycles. The van der Waals surface area contributed by atoms with Crippen LogP contribution in [-0.2, 0) is 0 Å². The van der Waals surface area contributed by atoms with Gasteiger partial charge in [0, 0.05) is 6.07 Å². The number of hydrogen-bond donors (Lipinski definition) is 0. The van der Waals surface area contributed by atoms with E-state index in [1.807, 2.05) is 0 Å². The van der Waals surface area contributed by atoms with Crippen molar-refractivity contribution in [2.24, 2.45) is 0 Å². The second kappa shape index (κ2) is 4.93. The summed E-state index contributed by atoms with van der Waals surface area (Å²) in [7, 11) is 0. The highest BCUT2D eigenvalue weighted by Crippen LogP contribution is 2.30. The molecule has 2 aromatic rings. The van der Waals surface area contributed by atoms with E-state index in [1.165, 1.54) is 12.1 Å². The van der Waals surface area contributed by atoms with Crippen LogP contribution < -0.4 is 4.74 Å². The molecule has 0 saturated heterocycles. The number of rotatable bonds is 2. The molecule has 0 unspecified atom stereocenters. The molecule has 0 radical (unpaired) electrons. The first-order valence-corrected chi connectivity index (χ1v) is 5.54. The van der Waals surface area contributed by atoms with E-state index in [9.17, 15) is 8.78 Å². The van der Waals surface area contributed by atoms with Crippen LogP contribution >= 0.6 is 27.5 Å². The van der Waals surface area contributed by atoms with Gasteiger partial charge in [-0.05, 0) is 39.7 Å². The molecular weight excluding hydrogens is 317 g/mol. The summed E-state index contributed by atoms with van der Waals surface area (Å²) in [5.41, 5.74) is 0. The molecule has 1 aromatic heterocycles. The molecule has 0 fully saturated rings. The van der Waals surface area contributed by atoms with E-state index in [-0.39, 0.29) is 16.9 Å². The van der Waals surface area contributed by atoms with Gasteiger partial charge in [-0.1, -0.05) is 0 Å². The number of nitrogens with zero attached hydrogens (tertiary/aromatic N) is 2. The van der Waals surface area contributed by atoms with Gasteiger partial charge in [-0.15, -0.1) is 0 Å². The van der Waals surface area contributed by atoms with E-state index >= 15 is 0 Å². The highest BCUT2D eigenvalue weighted by molar-refractivity contribution is 9.10. The smallest absolute Gasteiger partial charge is 0.260 e. The predicted molar refractivity (Wildman–Crippen MR) is 61.2 cm³/mol. The molecule has 2 rings (SSSR count). The Hall–Kier alpha value is -1.27. The Bertz CT molecular complexity index is 518. The minimum Gasteiger partial charge on any atom is -0.435 e. The summed E-state index contributed by atoms with van der Waals surface area (Å²) in [6, 6.07) is 3.77. The largest absolute Gasteiger partial charge is 0.435 e. The fourth-order valence-corrected chi connectivity index (χ4v) is 1.52. The fraction of sp³-hybridized carbons (Fsp3) is 0. The first-order valence-electron chi connectivity index (χ1n) is 4.37. The van der Waals surface area contributed by atoms with Crippen molar-refractivity contribution in [3.8, 4) is 11.6 Å². The molecular formula is C10H4BrClF2N2O. The van der Waals surface area contributed by atoms with Gasteiger partial charge in [0.1, 0.15) is 11.6 Å². The maximum atomic E-state index is 13.3. The number of ether oxygens (including phenoxy) is 1. The SMILES string of the molecule is Fc1ccc(Br)c(Oc2nc(Cl)ncc2F)c1. The second-order valence-electron chi connectivity index (χ2n) is 2.97. The summed E-state index contributed by atoms with van der Waals surface area (Å²) in [6.07, 6.45) is 0.873. The van der Waals surface area contributed by atoms with E-state index in [0.717, 1.165) is 12.3 Å². The lowest BCUT2D eigenvalue weighted by Crippen LogP contribution is -1.95. The molecule has 7 heteroatoms. The van der Waals surface area contributed by atoms with E-state index in [4.69, 9.17) is 16.3 Å². The van der Waals surface area contributed by atoms with Crippen LogP contribution in [-0.4, -0.2) is 9.97 Å². The number of aromatic nitrogens is 2. The molecule has 17 heavy (non-hydrogen) atoms. The van der Waals surface area contributed by atoms with Crippen LogP contribution in [0.2, 0.25) is 5.28 Å². The molecule has 0 aliphatic heterocycles. The standard InChI is InChI=1S/C10H4BrClF2N2O/c11-6-2-1-5(13)3-8(6)17-9-7(14)4-15-10(12)16-9/h1-4H. The molecule has 0 atom stereocenters. The third-order valence-corrected chi connectivity index (χ3v) is 2.62. The van der Waals surface area contributed by atoms with Gasteiger partial charge in [-0.3, -0.25) is 0 Å². The highest BCUT2D eigenvalue weighted by atomic mass is 79.9. The Morgan fingerprint density at radius 1 is 1.29 bits per heavy atom. The monoisotopic (exact) mass is 320 g/mol. The van der Waals surface area contributed by atoms with Crippen molar-refractivity contribution in [1.29, 1.82) is 0 Å². The Balaban J connectivity index is 2.37. The minimum absolute atomic E-state index is 0.0960. The Morgan fingerprint density at radius 2 is 2.06 bits per heavy atom. The zero-order valence-corrected chi connectivity index (χ0v) is 10.5. The van der Waals surface area contributed by atoms with Crippen molar-refractivity contribution < 1.29 is 13.5 Å². The van der Waals surface area contributed by atoms with Crippen LogP contribution in [0.4, 0.5) is 8.78 Å². The summed E-state index contributed by atoms with van der Waals surface area (Å²) >= 11 is 8.64. The average molecular weight is 322 g/mol. The maximum absolute atomic E-state index is 13.3. The number of halogens is 4. The van der Waals surface area contributed by atoms with E-state index in [2.05, 4.69) is 25.9 Å². The van der Waals surface area contributed by atoms with Gasteiger partial charge in [0.2, 0.25) is 11.1 Å². The van der Waals surface area contributed by atoms with E-state index in [1.54, 1.807) is 0 Å². The van der Waals surface area contributed by atoms with Gasteiger partial charge in [0.05, 0.1) is 10.7 Å². The summed E-state index contributed by atoms with van der Waals surface area (Å²) in [6.45, 7) is 0. The number of benzene rings is 1. The van der Waals surface area contributed by atoms with Crippen LogP contribution in [0.1, 0.15) is 0 Å². The Kier molecular flexibility index (Phi) is 3.54. The molecule has 0 bridgehead atoms. The van der Waals surface area contributed by atoms with E-state index < -0.39 is 11.6 Å². The first kappa shape index (κ1) is 12.2. The molecule has 0 N–H and O–H groups in total. The van der Waals surface area contributed by atoms with Gasteiger partial charge in [-0.2, -0.15) is 9.37 Å². The molecule has 0 amide bonds. The molecule has 3 nitrogen and oxygen atoms in total. The third kappa shape index (κ3) is 2.89. The van der Waals surface area contributed by atoms with Crippen LogP contribution in [0.15, 0.2) is 28.9 Å². The van der Waals surface area contributed by atoms with Crippen molar-refractivity contribution in [3.05, 3.63) is 45.8 Å². The summed E-state index contributed by atoms with van der Waals surface area (Å²) in [5.74, 6) is -1.57. The zero-order valence-electron chi connectivity index (χ0n) is 8.12. The van der Waals surface area contributed by atoms with Gasteiger partial charge in [0.15, 0.2) is 0 Å². The molecule has 0 saturated carbocycles. The fourth-order valence-electron chi connectivity index (χ4n) is 1.06. The van der Waals surface area contributed by atoms with Crippen molar-refractivity contribution in [3.63, 3.8) is 0 Å². The van der Waals surface area contributed by atoms with Crippen molar-refractivity contribution >= 4 is 27.5 Å². The van der Waals surface area contributed by atoms with Crippen molar-refractivity contribution in [2.75, 3.05) is 0 Å². The quantitative estimate of drug-likeness (QED) is 0.785. The van der Waals surface area contributed by atoms with Crippen molar-refractivity contribution in [1.82, 2.24) is 9.97 Å². The Morgan fingerprint density at radius 3 is 2.82 bits per heavy atom. The molecule has 1 aromatic carbocycles. The molecule has 88 valence electrons. The normalized spacial score (nSPS) is 10.4. The summed E-state index contributed by atoms with van der Waals surface area (Å²) in [4.78, 5) is 6.99. The van der Waals surface area contributed by atoms with Gasteiger partial charge < -0.3 is 4.74 Å². The van der Waals surface area contributed by atoms with Gasteiger partial charge in [-0.25, -0.2) is 9.37 Å². The third-order valence-electron chi connectivity index (χ3n) is 1.78. The molecule has 0 spiro atoms. The van der Waals surface area contributed by atoms with Gasteiger partial charge in [0.25, 0.3) is 5.88 Å². The predicted octanol–water partition coefficient (Wildman–Crippen LogP) is 3.96. The van der Waals surface area contributed by atoms with Gasteiger partial charge >= 0.3 is 0 Å². The van der Waals surface area contributed by atoms with Crippen LogP contribution in [0, 0.1) is 11.6 Å². The highest BCUT2D eigenvalue weighted by Gasteiger charge is 2.11. The zero-order chi connectivity index (χ0) is 12.4. The first-order chi connectivity index (χ1) is 8.06. The van der Waals surface area contributed by atoms with Crippen molar-refractivity contribution in [2.45, 2.75) is 0 Å². The Labute approximate surface area is 109 Å². The topological polar surface area (TPSA) is 35.0 Å². The molecule has 0 aliphatic rings. The van der Waals surface area contributed by atoms with Crippen LogP contribution in [0.25, 0.3) is 0 Å². The number of hydrogen-bond acceptors (Lipinski definition) is 3.